The minimum absolute atomic E-state index is 0.0366. The molecule has 0 saturated heterocycles. The normalized spacial score (nSPS) is 13.5. The lowest BCUT2D eigenvalue weighted by atomic mass is 10.2. The Labute approximate surface area is 111 Å². The zero-order chi connectivity index (χ0) is 13.6. The molecule has 0 spiro atoms. The Morgan fingerprint density at radius 2 is 1.89 bits per heavy atom. The molecule has 3 nitrogen and oxygen atoms in total. The van der Waals surface area contributed by atoms with Crippen LogP contribution in [0.15, 0.2) is 29.2 Å². The van der Waals surface area contributed by atoms with Crippen LogP contribution in [0.3, 0.4) is 0 Å². The molecule has 102 valence electrons. The van der Waals surface area contributed by atoms with Crippen LogP contribution in [0.1, 0.15) is 32.3 Å². The molecule has 0 amide bonds. The molecule has 1 unspecified atom stereocenters. The van der Waals surface area contributed by atoms with Crippen molar-refractivity contribution >= 4 is 9.84 Å². The van der Waals surface area contributed by atoms with Gasteiger partial charge in [-0.15, -0.1) is 0 Å². The number of benzene rings is 1. The predicted octanol–water partition coefficient (Wildman–Crippen LogP) is 2.55. The van der Waals surface area contributed by atoms with Gasteiger partial charge in [-0.1, -0.05) is 32.0 Å². The number of sulfone groups is 1. The zero-order valence-electron chi connectivity index (χ0n) is 11.4. The average molecular weight is 269 g/mol. The first-order valence-electron chi connectivity index (χ1n) is 6.53. The number of hydrogen-bond donors (Lipinski definition) is 1. The van der Waals surface area contributed by atoms with Crippen LogP contribution in [0.25, 0.3) is 0 Å². The largest absolute Gasteiger partial charge is 0.313 e. The van der Waals surface area contributed by atoms with E-state index in [0.29, 0.717) is 4.90 Å². The summed E-state index contributed by atoms with van der Waals surface area (Å²) in [6.07, 6.45) is 1.84. The summed E-state index contributed by atoms with van der Waals surface area (Å²) in [7, 11) is -3.20. The van der Waals surface area contributed by atoms with E-state index in [1.807, 2.05) is 26.0 Å². The molecule has 0 aromatic heterocycles. The van der Waals surface area contributed by atoms with Gasteiger partial charge in [0.25, 0.3) is 0 Å². The highest BCUT2D eigenvalue weighted by Gasteiger charge is 2.21. The van der Waals surface area contributed by atoms with Gasteiger partial charge in [0.1, 0.15) is 0 Å². The summed E-state index contributed by atoms with van der Waals surface area (Å²) in [5, 5.41) is 3.29. The molecule has 0 bridgehead atoms. The molecule has 0 fully saturated rings. The molecule has 0 heterocycles. The number of aryl methyl sites for hydroxylation is 1. The summed E-state index contributed by atoms with van der Waals surface area (Å²) in [4.78, 5) is 0.460. The Kier molecular flexibility index (Phi) is 5.82. The van der Waals surface area contributed by atoms with Gasteiger partial charge in [0, 0.05) is 6.04 Å². The van der Waals surface area contributed by atoms with Crippen molar-refractivity contribution in [3.63, 3.8) is 0 Å². The van der Waals surface area contributed by atoms with Gasteiger partial charge in [0.2, 0.25) is 0 Å². The van der Waals surface area contributed by atoms with Gasteiger partial charge >= 0.3 is 0 Å². The second-order valence-electron chi connectivity index (χ2n) is 4.61. The third-order valence-corrected chi connectivity index (χ3v) is 4.99. The zero-order valence-corrected chi connectivity index (χ0v) is 12.3. The van der Waals surface area contributed by atoms with Gasteiger partial charge in [-0.3, -0.25) is 0 Å². The fraction of sp³-hybridized carbons (Fsp3) is 0.571. The Balaban J connectivity index is 2.84. The maximum Gasteiger partial charge on any atom is 0.180 e. The topological polar surface area (TPSA) is 46.2 Å². The summed E-state index contributed by atoms with van der Waals surface area (Å²) >= 11 is 0. The molecular formula is C14H23NO2S. The molecule has 0 saturated carbocycles. The summed E-state index contributed by atoms with van der Waals surface area (Å²) in [6.45, 7) is 6.80. The van der Waals surface area contributed by atoms with Crippen molar-refractivity contribution in [1.29, 1.82) is 0 Å². The van der Waals surface area contributed by atoms with Gasteiger partial charge in [-0.05, 0) is 37.9 Å². The van der Waals surface area contributed by atoms with Crippen molar-refractivity contribution in [1.82, 2.24) is 5.32 Å². The van der Waals surface area contributed by atoms with E-state index in [4.69, 9.17) is 0 Å². The first kappa shape index (κ1) is 15.2. The van der Waals surface area contributed by atoms with E-state index in [1.165, 1.54) is 0 Å². The predicted molar refractivity (Wildman–Crippen MR) is 75.6 cm³/mol. The maximum atomic E-state index is 12.3. The number of hydrogen-bond acceptors (Lipinski definition) is 3. The highest BCUT2D eigenvalue weighted by atomic mass is 32.2. The lowest BCUT2D eigenvalue weighted by Crippen LogP contribution is -2.35. The molecule has 0 aliphatic heterocycles. The lowest BCUT2D eigenvalue weighted by molar-refractivity contribution is 0.519. The van der Waals surface area contributed by atoms with Gasteiger partial charge in [0.15, 0.2) is 9.84 Å². The van der Waals surface area contributed by atoms with Crippen LogP contribution in [-0.4, -0.2) is 26.8 Å². The molecule has 1 atom stereocenters. The Morgan fingerprint density at radius 3 is 2.44 bits per heavy atom. The molecule has 0 aliphatic carbocycles. The van der Waals surface area contributed by atoms with Crippen molar-refractivity contribution in [2.24, 2.45) is 0 Å². The van der Waals surface area contributed by atoms with Crippen LogP contribution >= 0.6 is 0 Å². The Bertz CT molecular complexity index is 468. The van der Waals surface area contributed by atoms with Crippen molar-refractivity contribution in [2.45, 2.75) is 44.6 Å². The van der Waals surface area contributed by atoms with E-state index >= 15 is 0 Å². The minimum Gasteiger partial charge on any atom is -0.313 e. The summed E-state index contributed by atoms with van der Waals surface area (Å²) < 4.78 is 24.7. The van der Waals surface area contributed by atoms with Crippen molar-refractivity contribution in [3.05, 3.63) is 29.8 Å². The molecule has 4 heteroatoms. The van der Waals surface area contributed by atoms with Crippen LogP contribution in [-0.2, 0) is 9.84 Å². The molecule has 0 aliphatic rings. The molecule has 0 radical (unpaired) electrons. The molecule has 1 aromatic carbocycles. The highest BCUT2D eigenvalue weighted by molar-refractivity contribution is 7.91. The Hall–Kier alpha value is -0.870. The first-order valence-corrected chi connectivity index (χ1v) is 8.18. The van der Waals surface area contributed by atoms with E-state index in [2.05, 4.69) is 12.2 Å². The van der Waals surface area contributed by atoms with Crippen LogP contribution in [0.5, 0.6) is 0 Å². The number of nitrogens with one attached hydrogen (secondary N) is 1. The molecule has 1 aromatic rings. The van der Waals surface area contributed by atoms with Gasteiger partial charge < -0.3 is 5.32 Å². The number of rotatable bonds is 7. The third-order valence-electron chi connectivity index (χ3n) is 3.03. The van der Waals surface area contributed by atoms with Crippen molar-refractivity contribution < 1.29 is 8.42 Å². The van der Waals surface area contributed by atoms with Crippen LogP contribution in [0.4, 0.5) is 0 Å². The monoisotopic (exact) mass is 269 g/mol. The van der Waals surface area contributed by atoms with Gasteiger partial charge in [-0.25, -0.2) is 8.42 Å². The quantitative estimate of drug-likeness (QED) is 0.827. The third kappa shape index (κ3) is 4.10. The van der Waals surface area contributed by atoms with E-state index in [-0.39, 0.29) is 11.8 Å². The van der Waals surface area contributed by atoms with Gasteiger partial charge in [0.05, 0.1) is 10.6 Å². The highest BCUT2D eigenvalue weighted by Crippen LogP contribution is 2.17. The van der Waals surface area contributed by atoms with Gasteiger partial charge in [-0.2, -0.15) is 0 Å². The van der Waals surface area contributed by atoms with E-state index in [1.54, 1.807) is 12.1 Å². The van der Waals surface area contributed by atoms with Crippen LogP contribution < -0.4 is 5.32 Å². The summed E-state index contributed by atoms with van der Waals surface area (Å²) in [6, 6.07) is 7.21. The Morgan fingerprint density at radius 1 is 1.22 bits per heavy atom. The average Bonchev–Trinajstić information content (AvgIpc) is 2.34. The van der Waals surface area contributed by atoms with E-state index < -0.39 is 9.84 Å². The molecule has 18 heavy (non-hydrogen) atoms. The second-order valence-corrected chi connectivity index (χ2v) is 6.61. The first-order chi connectivity index (χ1) is 8.51. The van der Waals surface area contributed by atoms with Crippen LogP contribution in [0, 0.1) is 6.92 Å². The standard InChI is InChI=1S/C14H23NO2S/c1-4-10-15-13(5-2)11-18(16,17)14-9-7-6-8-12(14)3/h6-9,13,15H,4-5,10-11H2,1-3H3. The maximum absolute atomic E-state index is 12.3. The molecule has 1 rings (SSSR count). The fourth-order valence-electron chi connectivity index (χ4n) is 1.93. The van der Waals surface area contributed by atoms with Crippen molar-refractivity contribution in [3.8, 4) is 0 Å². The molecular weight excluding hydrogens is 246 g/mol. The van der Waals surface area contributed by atoms with E-state index in [0.717, 1.165) is 24.9 Å². The SMILES string of the molecule is CCCNC(CC)CS(=O)(=O)c1ccccc1C. The second kappa shape index (κ2) is 6.90. The van der Waals surface area contributed by atoms with Crippen LogP contribution in [0.2, 0.25) is 0 Å². The fourth-order valence-corrected chi connectivity index (χ4v) is 3.84. The smallest absolute Gasteiger partial charge is 0.180 e. The van der Waals surface area contributed by atoms with E-state index in [9.17, 15) is 8.42 Å². The molecule has 1 N–H and O–H groups in total. The summed E-state index contributed by atoms with van der Waals surface area (Å²) in [5.41, 5.74) is 0.822. The summed E-state index contributed by atoms with van der Waals surface area (Å²) in [5.74, 6) is 0.175. The lowest BCUT2D eigenvalue weighted by Gasteiger charge is -2.17. The van der Waals surface area contributed by atoms with Crippen molar-refractivity contribution in [2.75, 3.05) is 12.3 Å². The minimum atomic E-state index is -3.20.